The summed E-state index contributed by atoms with van der Waals surface area (Å²) in [4.78, 5) is 0.695. The van der Waals surface area contributed by atoms with Crippen molar-refractivity contribution < 1.29 is 8.39 Å². The maximum atomic E-state index is 12.4. The van der Waals surface area contributed by atoms with E-state index in [9.17, 15) is 4.21 Å². The number of rotatable bonds is 6. The molecular weight excluding hydrogens is 316 g/mol. The zero-order chi connectivity index (χ0) is 16.8. The summed E-state index contributed by atoms with van der Waals surface area (Å²) in [6, 6.07) is 28.0. The molecule has 0 N–H and O–H groups in total. The highest BCUT2D eigenvalue weighted by Gasteiger charge is 2.16. The van der Waals surface area contributed by atoms with Gasteiger partial charge in [0, 0.05) is 5.92 Å². The minimum Gasteiger partial charge on any atom is -0.286 e. The summed E-state index contributed by atoms with van der Waals surface area (Å²) >= 11 is -1.46. The van der Waals surface area contributed by atoms with E-state index in [1.807, 2.05) is 67.6 Å². The molecule has 0 spiro atoms. The maximum Gasteiger partial charge on any atom is 0.189 e. The first-order valence-corrected chi connectivity index (χ1v) is 9.03. The molecule has 0 aliphatic carbocycles. The van der Waals surface area contributed by atoms with Gasteiger partial charge in [0.05, 0.1) is 11.5 Å². The summed E-state index contributed by atoms with van der Waals surface area (Å²) in [7, 11) is 0. The van der Waals surface area contributed by atoms with E-state index < -0.39 is 11.1 Å². The predicted molar refractivity (Wildman–Crippen MR) is 98.3 cm³/mol. The van der Waals surface area contributed by atoms with Gasteiger partial charge in [0.25, 0.3) is 0 Å². The topological polar surface area (TPSA) is 26.3 Å². The molecule has 0 fully saturated rings. The molecule has 0 aromatic heterocycles. The Morgan fingerprint density at radius 1 is 0.792 bits per heavy atom. The van der Waals surface area contributed by atoms with Gasteiger partial charge in [-0.2, -0.15) is 0 Å². The van der Waals surface area contributed by atoms with Gasteiger partial charge in [0.15, 0.2) is 11.1 Å². The summed E-state index contributed by atoms with van der Waals surface area (Å²) in [5.41, 5.74) is 3.46. The second-order valence-corrected chi connectivity index (χ2v) is 6.88. The molecule has 3 aromatic carbocycles. The molecule has 3 aromatic rings. The van der Waals surface area contributed by atoms with Crippen molar-refractivity contribution >= 4 is 11.1 Å². The lowest BCUT2D eigenvalue weighted by atomic mass is 9.92. The lowest BCUT2D eigenvalue weighted by Crippen LogP contribution is -2.11. The van der Waals surface area contributed by atoms with Crippen LogP contribution in [-0.2, 0) is 15.3 Å². The van der Waals surface area contributed by atoms with Crippen molar-refractivity contribution in [3.05, 3.63) is 102 Å². The molecule has 2 nitrogen and oxygen atoms in total. The Kier molecular flexibility index (Phi) is 5.57. The third-order valence-corrected chi connectivity index (χ3v) is 4.97. The second kappa shape index (κ2) is 8.04. The van der Waals surface area contributed by atoms with Gasteiger partial charge in [0.2, 0.25) is 0 Å². The number of hydrogen-bond donors (Lipinski definition) is 0. The van der Waals surface area contributed by atoms with Crippen LogP contribution < -0.4 is 0 Å². The lowest BCUT2D eigenvalue weighted by molar-refractivity contribution is 0.332. The fourth-order valence-corrected chi connectivity index (χ4v) is 3.36. The zero-order valence-electron chi connectivity index (χ0n) is 13.6. The van der Waals surface area contributed by atoms with Crippen LogP contribution in [0.1, 0.15) is 22.6 Å². The van der Waals surface area contributed by atoms with Crippen LogP contribution in [0.15, 0.2) is 89.8 Å². The number of benzene rings is 3. The quantitative estimate of drug-likeness (QED) is 0.642. The van der Waals surface area contributed by atoms with Crippen molar-refractivity contribution in [2.24, 2.45) is 0 Å². The van der Waals surface area contributed by atoms with E-state index >= 15 is 0 Å². The molecule has 0 radical (unpaired) electrons. The average Bonchev–Trinajstić information content (AvgIpc) is 2.64. The van der Waals surface area contributed by atoms with E-state index in [2.05, 4.69) is 24.3 Å². The highest BCUT2D eigenvalue weighted by molar-refractivity contribution is 7.80. The van der Waals surface area contributed by atoms with E-state index in [0.717, 1.165) is 16.7 Å². The molecular formula is C21H20O2S. The minimum absolute atomic E-state index is 0.0572. The van der Waals surface area contributed by atoms with Crippen LogP contribution >= 0.6 is 0 Å². The monoisotopic (exact) mass is 336 g/mol. The molecule has 1 unspecified atom stereocenters. The molecule has 0 saturated heterocycles. The highest BCUT2D eigenvalue weighted by Crippen LogP contribution is 2.25. The zero-order valence-corrected chi connectivity index (χ0v) is 14.4. The summed E-state index contributed by atoms with van der Waals surface area (Å²) in [5.74, 6) is 0.0572. The summed E-state index contributed by atoms with van der Waals surface area (Å²) in [6.45, 7) is 2.38. The van der Waals surface area contributed by atoms with Crippen LogP contribution in [-0.4, -0.2) is 10.8 Å². The van der Waals surface area contributed by atoms with Crippen molar-refractivity contribution in [3.63, 3.8) is 0 Å². The molecule has 0 bridgehead atoms. The van der Waals surface area contributed by atoms with Crippen LogP contribution in [0.3, 0.4) is 0 Å². The summed E-state index contributed by atoms with van der Waals surface area (Å²) in [6.07, 6.45) is 0. The van der Waals surface area contributed by atoms with Crippen LogP contribution in [0.4, 0.5) is 0 Å². The minimum atomic E-state index is -1.46. The smallest absolute Gasteiger partial charge is 0.189 e. The largest absolute Gasteiger partial charge is 0.286 e. The number of aryl methyl sites for hydroxylation is 1. The SMILES string of the molecule is Cc1ccc(S(=O)OCC(c2ccccc2)c2ccccc2)cc1. The van der Waals surface area contributed by atoms with Gasteiger partial charge in [-0.15, -0.1) is 0 Å². The van der Waals surface area contributed by atoms with Gasteiger partial charge in [-0.1, -0.05) is 78.4 Å². The first-order chi connectivity index (χ1) is 11.7. The molecule has 0 aliphatic rings. The molecule has 0 amide bonds. The van der Waals surface area contributed by atoms with E-state index in [0.29, 0.717) is 11.5 Å². The Morgan fingerprint density at radius 3 is 1.79 bits per heavy atom. The Bertz CT molecular complexity index is 744. The second-order valence-electron chi connectivity index (χ2n) is 5.71. The first kappa shape index (κ1) is 16.6. The van der Waals surface area contributed by atoms with Gasteiger partial charge in [-0.05, 0) is 30.2 Å². The van der Waals surface area contributed by atoms with Crippen LogP contribution in [0.5, 0.6) is 0 Å². The van der Waals surface area contributed by atoms with Crippen LogP contribution in [0.2, 0.25) is 0 Å². The van der Waals surface area contributed by atoms with Gasteiger partial charge >= 0.3 is 0 Å². The molecule has 0 aliphatic heterocycles. The molecule has 0 saturated carbocycles. The Labute approximate surface area is 145 Å². The molecule has 0 heterocycles. The fourth-order valence-electron chi connectivity index (χ4n) is 2.60. The van der Waals surface area contributed by atoms with Crippen molar-refractivity contribution in [3.8, 4) is 0 Å². The lowest BCUT2D eigenvalue weighted by Gasteiger charge is -2.17. The standard InChI is InChI=1S/C21H20O2S/c1-17-12-14-20(15-13-17)24(22)23-16-21(18-8-4-2-5-9-18)19-10-6-3-7-11-19/h2-15,21H,16H2,1H3. The third-order valence-electron chi connectivity index (χ3n) is 3.96. The summed E-state index contributed by atoms with van der Waals surface area (Å²) < 4.78 is 18.1. The Balaban J connectivity index is 1.77. The molecule has 122 valence electrons. The Morgan fingerprint density at radius 2 is 1.29 bits per heavy atom. The van der Waals surface area contributed by atoms with Crippen molar-refractivity contribution in [2.75, 3.05) is 6.61 Å². The first-order valence-electron chi connectivity index (χ1n) is 7.95. The van der Waals surface area contributed by atoms with E-state index in [1.54, 1.807) is 0 Å². The van der Waals surface area contributed by atoms with E-state index in [-0.39, 0.29) is 5.92 Å². The normalized spacial score (nSPS) is 12.2. The van der Waals surface area contributed by atoms with Crippen molar-refractivity contribution in [1.29, 1.82) is 0 Å². The predicted octanol–water partition coefficient (Wildman–Crippen LogP) is 4.87. The van der Waals surface area contributed by atoms with E-state index in [1.165, 1.54) is 0 Å². The van der Waals surface area contributed by atoms with Gasteiger partial charge in [-0.25, -0.2) is 4.21 Å². The Hall–Kier alpha value is -2.23. The molecule has 24 heavy (non-hydrogen) atoms. The van der Waals surface area contributed by atoms with Gasteiger partial charge in [0.1, 0.15) is 0 Å². The number of hydrogen-bond acceptors (Lipinski definition) is 2. The summed E-state index contributed by atoms with van der Waals surface area (Å²) in [5, 5.41) is 0. The highest BCUT2D eigenvalue weighted by atomic mass is 32.2. The third kappa shape index (κ3) is 4.19. The van der Waals surface area contributed by atoms with Crippen LogP contribution in [0, 0.1) is 6.92 Å². The average molecular weight is 336 g/mol. The van der Waals surface area contributed by atoms with Crippen molar-refractivity contribution in [1.82, 2.24) is 0 Å². The van der Waals surface area contributed by atoms with Crippen molar-refractivity contribution in [2.45, 2.75) is 17.7 Å². The molecule has 3 heteroatoms. The molecule has 3 rings (SSSR count). The van der Waals surface area contributed by atoms with Gasteiger partial charge < -0.3 is 0 Å². The van der Waals surface area contributed by atoms with Crippen LogP contribution in [0.25, 0.3) is 0 Å². The fraction of sp³-hybridized carbons (Fsp3) is 0.143. The van der Waals surface area contributed by atoms with E-state index in [4.69, 9.17) is 4.18 Å². The van der Waals surface area contributed by atoms with Gasteiger partial charge in [-0.3, -0.25) is 4.18 Å². The maximum absolute atomic E-state index is 12.4. The molecule has 1 atom stereocenters.